The summed E-state index contributed by atoms with van der Waals surface area (Å²) in [6.07, 6.45) is 0. The largest absolute Gasteiger partial charge is 0.303 e. The van der Waals surface area contributed by atoms with Crippen LogP contribution in [-0.4, -0.2) is 4.98 Å². The average molecular weight is 228 g/mol. The maximum Gasteiger partial charge on any atom is 0.277 e. The van der Waals surface area contributed by atoms with Crippen LogP contribution in [0, 0.1) is 6.57 Å². The van der Waals surface area contributed by atoms with E-state index in [2.05, 4.69) is 9.83 Å². The number of thiazole rings is 1. The molecule has 0 saturated heterocycles. The van der Waals surface area contributed by atoms with Crippen molar-refractivity contribution < 1.29 is 0 Å². The Morgan fingerprint density at radius 2 is 1.94 bits per heavy atom. The molecule has 0 atom stereocenters. The fraction of sp³-hybridized carbons (Fsp3) is 0.231. The third kappa shape index (κ3) is 1.98. The zero-order valence-corrected chi connectivity index (χ0v) is 10.1. The third-order valence-electron chi connectivity index (χ3n) is 2.38. The molecule has 1 heterocycles. The maximum absolute atomic E-state index is 7.15. The first kappa shape index (κ1) is 10.8. The minimum Gasteiger partial charge on any atom is -0.303 e. The van der Waals surface area contributed by atoms with E-state index in [4.69, 9.17) is 6.57 Å². The topological polar surface area (TPSA) is 17.2 Å². The van der Waals surface area contributed by atoms with Gasteiger partial charge in [-0.1, -0.05) is 30.3 Å². The van der Waals surface area contributed by atoms with Crippen LogP contribution in [0.25, 0.3) is 16.1 Å². The minimum absolute atomic E-state index is 0.516. The molecule has 0 aliphatic carbocycles. The summed E-state index contributed by atoms with van der Waals surface area (Å²) in [6.45, 7) is 10.9. The van der Waals surface area contributed by atoms with Gasteiger partial charge in [0.15, 0.2) is 5.01 Å². The molecule has 2 aromatic rings. The predicted octanol–water partition coefficient (Wildman–Crippen LogP) is 3.96. The molecule has 80 valence electrons. The number of aromatic nitrogens is 1. The number of hydrogen-bond donors (Lipinski definition) is 0. The van der Waals surface area contributed by atoms with Crippen molar-refractivity contribution in [2.45, 2.75) is 19.4 Å². The first-order valence-electron chi connectivity index (χ1n) is 5.03. The molecule has 3 heteroatoms. The van der Waals surface area contributed by atoms with Crippen molar-refractivity contribution >= 4 is 11.3 Å². The van der Waals surface area contributed by atoms with Crippen LogP contribution in [0.1, 0.15) is 18.9 Å². The molecule has 0 radical (unpaired) electrons. The average Bonchev–Trinajstić information content (AvgIpc) is 2.80. The van der Waals surface area contributed by atoms with E-state index in [0.717, 1.165) is 16.3 Å². The van der Waals surface area contributed by atoms with Crippen molar-refractivity contribution in [3.05, 3.63) is 52.1 Å². The molecular weight excluding hydrogens is 216 g/mol. The number of benzene rings is 1. The first-order chi connectivity index (χ1) is 7.63. The van der Waals surface area contributed by atoms with Crippen LogP contribution in [0.3, 0.4) is 0 Å². The summed E-state index contributed by atoms with van der Waals surface area (Å²) in [6, 6.07) is 10.0. The van der Waals surface area contributed by atoms with Gasteiger partial charge in [-0.3, -0.25) is 0 Å². The van der Waals surface area contributed by atoms with E-state index in [9.17, 15) is 0 Å². The van der Waals surface area contributed by atoms with Gasteiger partial charge < -0.3 is 4.85 Å². The molecule has 0 amide bonds. The van der Waals surface area contributed by atoms with Crippen molar-refractivity contribution in [2.24, 2.45) is 0 Å². The Balaban J connectivity index is 2.39. The van der Waals surface area contributed by atoms with E-state index < -0.39 is 5.54 Å². The SMILES string of the molecule is [C-]#[N+]C(C)(C)c1nc(-c2ccccc2)cs1. The molecule has 0 fully saturated rings. The van der Waals surface area contributed by atoms with Crippen molar-refractivity contribution in [1.82, 2.24) is 4.98 Å². The highest BCUT2D eigenvalue weighted by Gasteiger charge is 2.29. The van der Waals surface area contributed by atoms with Gasteiger partial charge in [0.25, 0.3) is 5.54 Å². The zero-order chi connectivity index (χ0) is 11.6. The zero-order valence-electron chi connectivity index (χ0n) is 9.27. The third-order valence-corrected chi connectivity index (χ3v) is 3.53. The molecule has 0 aliphatic heterocycles. The lowest BCUT2D eigenvalue weighted by Crippen LogP contribution is -2.10. The summed E-state index contributed by atoms with van der Waals surface area (Å²) in [5, 5.41) is 2.89. The van der Waals surface area contributed by atoms with Gasteiger partial charge in [0.05, 0.1) is 5.69 Å². The van der Waals surface area contributed by atoms with Gasteiger partial charge in [-0.2, -0.15) is 0 Å². The van der Waals surface area contributed by atoms with Crippen molar-refractivity contribution in [2.75, 3.05) is 0 Å². The Morgan fingerprint density at radius 3 is 2.56 bits per heavy atom. The van der Waals surface area contributed by atoms with Crippen LogP contribution in [0.2, 0.25) is 0 Å². The highest BCUT2D eigenvalue weighted by molar-refractivity contribution is 7.10. The second-order valence-corrected chi connectivity index (χ2v) is 4.93. The minimum atomic E-state index is -0.516. The lowest BCUT2D eigenvalue weighted by Gasteiger charge is -2.05. The van der Waals surface area contributed by atoms with Crippen molar-refractivity contribution in [3.8, 4) is 11.3 Å². The predicted molar refractivity (Wildman–Crippen MR) is 67.2 cm³/mol. The Hall–Kier alpha value is -1.66. The standard InChI is InChI=1S/C13H12N2S/c1-13(2,14-3)12-15-11(9-16-12)10-7-5-4-6-8-10/h4-9H,1-2H3. The molecule has 0 bridgehead atoms. The van der Waals surface area contributed by atoms with Gasteiger partial charge in [-0.05, 0) is 0 Å². The Morgan fingerprint density at radius 1 is 1.25 bits per heavy atom. The summed E-state index contributed by atoms with van der Waals surface area (Å²) in [5.41, 5.74) is 1.54. The van der Waals surface area contributed by atoms with Gasteiger partial charge in [0.1, 0.15) is 0 Å². The van der Waals surface area contributed by atoms with Gasteiger partial charge >= 0.3 is 0 Å². The monoisotopic (exact) mass is 228 g/mol. The van der Waals surface area contributed by atoms with Crippen molar-refractivity contribution in [1.29, 1.82) is 0 Å². The molecule has 0 spiro atoms. The van der Waals surface area contributed by atoms with E-state index in [1.165, 1.54) is 0 Å². The molecule has 1 aromatic carbocycles. The summed E-state index contributed by atoms with van der Waals surface area (Å²) in [7, 11) is 0. The molecule has 2 nitrogen and oxygen atoms in total. The molecule has 0 N–H and O–H groups in total. The van der Waals surface area contributed by atoms with Gasteiger partial charge in [0.2, 0.25) is 0 Å². The number of rotatable bonds is 2. The van der Waals surface area contributed by atoms with Crippen LogP contribution >= 0.6 is 11.3 Å². The molecule has 0 saturated carbocycles. The van der Waals surface area contributed by atoms with E-state index in [0.29, 0.717) is 0 Å². The Bertz CT molecular complexity index is 520. The van der Waals surface area contributed by atoms with Crippen LogP contribution < -0.4 is 0 Å². The lowest BCUT2D eigenvalue weighted by atomic mass is 10.1. The quantitative estimate of drug-likeness (QED) is 0.711. The summed E-state index contributed by atoms with van der Waals surface area (Å²) in [5.74, 6) is 0. The lowest BCUT2D eigenvalue weighted by molar-refractivity contribution is 0.658. The smallest absolute Gasteiger partial charge is 0.277 e. The molecule has 0 aliphatic rings. The van der Waals surface area contributed by atoms with Crippen LogP contribution in [0.5, 0.6) is 0 Å². The first-order valence-corrected chi connectivity index (χ1v) is 5.91. The summed E-state index contributed by atoms with van der Waals surface area (Å²) in [4.78, 5) is 8.12. The number of hydrogen-bond acceptors (Lipinski definition) is 2. The van der Waals surface area contributed by atoms with E-state index in [1.54, 1.807) is 11.3 Å². The Labute approximate surface area is 99.4 Å². The van der Waals surface area contributed by atoms with E-state index in [-0.39, 0.29) is 0 Å². The highest BCUT2D eigenvalue weighted by atomic mass is 32.1. The molecular formula is C13H12N2S. The molecule has 0 unspecified atom stereocenters. The second kappa shape index (κ2) is 4.07. The van der Waals surface area contributed by atoms with Gasteiger partial charge in [-0.15, -0.1) is 11.3 Å². The van der Waals surface area contributed by atoms with Crippen molar-refractivity contribution in [3.63, 3.8) is 0 Å². The maximum atomic E-state index is 7.15. The van der Waals surface area contributed by atoms with Crippen LogP contribution in [-0.2, 0) is 5.54 Å². The molecule has 2 rings (SSSR count). The number of nitrogens with zero attached hydrogens (tertiary/aromatic N) is 2. The van der Waals surface area contributed by atoms with Crippen LogP contribution in [0.4, 0.5) is 0 Å². The fourth-order valence-electron chi connectivity index (χ4n) is 1.34. The second-order valence-electron chi connectivity index (χ2n) is 4.07. The van der Waals surface area contributed by atoms with Crippen LogP contribution in [0.15, 0.2) is 35.7 Å². The van der Waals surface area contributed by atoms with E-state index >= 15 is 0 Å². The molecule has 1 aromatic heterocycles. The van der Waals surface area contributed by atoms with E-state index in [1.807, 2.05) is 49.6 Å². The molecule has 16 heavy (non-hydrogen) atoms. The van der Waals surface area contributed by atoms with Gasteiger partial charge in [0, 0.05) is 24.8 Å². The fourth-order valence-corrected chi connectivity index (χ4v) is 2.24. The highest BCUT2D eigenvalue weighted by Crippen LogP contribution is 2.31. The van der Waals surface area contributed by atoms with Gasteiger partial charge in [-0.25, -0.2) is 11.6 Å². The summed E-state index contributed by atoms with van der Waals surface area (Å²) < 4.78 is 0. The normalized spacial score (nSPS) is 11.1. The Kier molecular flexibility index (Phi) is 2.76. The summed E-state index contributed by atoms with van der Waals surface area (Å²) >= 11 is 1.55.